The fourth-order valence-corrected chi connectivity index (χ4v) is 1.56. The largest absolute Gasteiger partial charge is 0.383 e. The normalized spacial score (nSPS) is 15.5. The molecule has 1 aliphatic rings. The summed E-state index contributed by atoms with van der Waals surface area (Å²) in [6.45, 7) is 3.71. The summed E-state index contributed by atoms with van der Waals surface area (Å²) in [5.74, 6) is -0.134. The molecule has 1 heterocycles. The number of carbonyl (C=O) groups is 2. The maximum absolute atomic E-state index is 11.7. The Kier molecular flexibility index (Phi) is 7.31. The SMILES string of the molecule is COCCNC(=O)CNCC(=O)N1CCOCC1. The standard InChI is InChI=1S/C11H21N3O4/c1-17-5-2-13-10(15)8-12-9-11(16)14-3-6-18-7-4-14/h12H,2-9H2,1H3,(H,13,15). The second-order valence-corrected chi connectivity index (χ2v) is 3.94. The number of carbonyl (C=O) groups excluding carboxylic acids is 2. The summed E-state index contributed by atoms with van der Waals surface area (Å²) in [6, 6.07) is 0. The average Bonchev–Trinajstić information content (AvgIpc) is 2.40. The van der Waals surface area contributed by atoms with E-state index >= 15 is 0 Å². The van der Waals surface area contributed by atoms with E-state index in [2.05, 4.69) is 10.6 Å². The topological polar surface area (TPSA) is 79.9 Å². The first-order chi connectivity index (χ1) is 8.74. The van der Waals surface area contributed by atoms with Crippen molar-refractivity contribution in [3.63, 3.8) is 0 Å². The van der Waals surface area contributed by atoms with E-state index in [9.17, 15) is 9.59 Å². The van der Waals surface area contributed by atoms with Crippen LogP contribution in [0.2, 0.25) is 0 Å². The van der Waals surface area contributed by atoms with Crippen LogP contribution in [-0.2, 0) is 19.1 Å². The third kappa shape index (κ3) is 5.95. The van der Waals surface area contributed by atoms with E-state index in [0.29, 0.717) is 39.5 Å². The second kappa shape index (κ2) is 8.84. The molecule has 1 saturated heterocycles. The van der Waals surface area contributed by atoms with Crippen LogP contribution in [0, 0.1) is 0 Å². The number of hydrogen-bond donors (Lipinski definition) is 2. The number of morpholine rings is 1. The zero-order valence-electron chi connectivity index (χ0n) is 10.7. The summed E-state index contributed by atoms with van der Waals surface area (Å²) >= 11 is 0. The monoisotopic (exact) mass is 259 g/mol. The lowest BCUT2D eigenvalue weighted by Gasteiger charge is -2.26. The second-order valence-electron chi connectivity index (χ2n) is 3.94. The molecule has 1 aliphatic heterocycles. The van der Waals surface area contributed by atoms with Crippen molar-refractivity contribution in [1.82, 2.24) is 15.5 Å². The lowest BCUT2D eigenvalue weighted by Crippen LogP contribution is -2.46. The Morgan fingerprint density at radius 1 is 1.28 bits per heavy atom. The van der Waals surface area contributed by atoms with E-state index in [1.807, 2.05) is 0 Å². The molecule has 0 saturated carbocycles. The highest BCUT2D eigenvalue weighted by molar-refractivity contribution is 5.81. The summed E-state index contributed by atoms with van der Waals surface area (Å²) < 4.78 is 9.96. The molecular weight excluding hydrogens is 238 g/mol. The first-order valence-electron chi connectivity index (χ1n) is 6.06. The predicted molar refractivity (Wildman–Crippen MR) is 65.2 cm³/mol. The van der Waals surface area contributed by atoms with Crippen LogP contribution in [0.1, 0.15) is 0 Å². The number of methoxy groups -OCH3 is 1. The Labute approximate surface area is 107 Å². The lowest BCUT2D eigenvalue weighted by molar-refractivity contribution is -0.134. The molecule has 18 heavy (non-hydrogen) atoms. The van der Waals surface area contributed by atoms with E-state index in [-0.39, 0.29) is 24.9 Å². The molecule has 1 fully saturated rings. The van der Waals surface area contributed by atoms with E-state index in [0.717, 1.165) is 0 Å². The number of amides is 2. The number of hydrogen-bond acceptors (Lipinski definition) is 5. The molecule has 2 N–H and O–H groups in total. The highest BCUT2D eigenvalue weighted by Crippen LogP contribution is 1.96. The van der Waals surface area contributed by atoms with E-state index in [1.54, 1.807) is 12.0 Å². The minimum absolute atomic E-state index is 0.00277. The minimum Gasteiger partial charge on any atom is -0.383 e. The first-order valence-corrected chi connectivity index (χ1v) is 6.06. The van der Waals surface area contributed by atoms with Crippen LogP contribution in [0.25, 0.3) is 0 Å². The van der Waals surface area contributed by atoms with Gasteiger partial charge in [-0.3, -0.25) is 14.9 Å². The molecule has 0 spiro atoms. The number of ether oxygens (including phenoxy) is 2. The van der Waals surface area contributed by atoms with E-state index < -0.39 is 0 Å². The molecule has 0 aromatic rings. The summed E-state index contributed by atoms with van der Waals surface area (Å²) in [5, 5.41) is 5.49. The van der Waals surface area contributed by atoms with Gasteiger partial charge in [0.15, 0.2) is 0 Å². The van der Waals surface area contributed by atoms with Crippen molar-refractivity contribution in [3.8, 4) is 0 Å². The summed E-state index contributed by atoms with van der Waals surface area (Å²) in [6.07, 6.45) is 0. The Hall–Kier alpha value is -1.18. The fourth-order valence-electron chi connectivity index (χ4n) is 1.56. The van der Waals surface area contributed by atoms with Gasteiger partial charge in [-0.2, -0.15) is 0 Å². The molecule has 0 aromatic heterocycles. The zero-order chi connectivity index (χ0) is 13.2. The molecule has 7 nitrogen and oxygen atoms in total. The average molecular weight is 259 g/mol. The lowest BCUT2D eigenvalue weighted by atomic mass is 10.4. The van der Waals surface area contributed by atoms with Crippen molar-refractivity contribution in [3.05, 3.63) is 0 Å². The molecule has 0 aliphatic carbocycles. The predicted octanol–water partition coefficient (Wildman–Crippen LogP) is -1.80. The van der Waals surface area contributed by atoms with Gasteiger partial charge in [-0.1, -0.05) is 0 Å². The summed E-state index contributed by atoms with van der Waals surface area (Å²) in [4.78, 5) is 24.7. The van der Waals surface area contributed by atoms with Crippen LogP contribution >= 0.6 is 0 Å². The maximum atomic E-state index is 11.7. The Balaban J connectivity index is 2.05. The minimum atomic E-state index is -0.137. The van der Waals surface area contributed by atoms with Crippen LogP contribution in [0.5, 0.6) is 0 Å². The van der Waals surface area contributed by atoms with Crippen molar-refractivity contribution in [1.29, 1.82) is 0 Å². The highest BCUT2D eigenvalue weighted by Gasteiger charge is 2.16. The molecular formula is C11H21N3O4. The number of rotatable bonds is 7. The first kappa shape index (κ1) is 14.9. The van der Waals surface area contributed by atoms with Crippen molar-refractivity contribution in [2.24, 2.45) is 0 Å². The fraction of sp³-hybridized carbons (Fsp3) is 0.818. The molecule has 2 amide bonds. The molecule has 1 rings (SSSR count). The maximum Gasteiger partial charge on any atom is 0.236 e. The van der Waals surface area contributed by atoms with Gasteiger partial charge in [-0.25, -0.2) is 0 Å². The Morgan fingerprint density at radius 3 is 2.67 bits per heavy atom. The van der Waals surface area contributed by atoms with E-state index in [1.165, 1.54) is 0 Å². The van der Waals surface area contributed by atoms with Crippen LogP contribution in [-0.4, -0.2) is 76.4 Å². The quantitative estimate of drug-likeness (QED) is 0.527. The summed E-state index contributed by atoms with van der Waals surface area (Å²) in [5.41, 5.74) is 0. The van der Waals surface area contributed by atoms with Gasteiger partial charge in [0.1, 0.15) is 0 Å². The molecule has 0 unspecified atom stereocenters. The third-order valence-corrected chi connectivity index (χ3v) is 2.55. The third-order valence-electron chi connectivity index (χ3n) is 2.55. The molecule has 0 aromatic carbocycles. The van der Waals surface area contributed by atoms with Gasteiger partial charge in [0, 0.05) is 26.7 Å². The van der Waals surface area contributed by atoms with Gasteiger partial charge in [0.2, 0.25) is 11.8 Å². The Bertz CT molecular complexity index is 267. The van der Waals surface area contributed by atoms with Crippen LogP contribution < -0.4 is 10.6 Å². The van der Waals surface area contributed by atoms with Gasteiger partial charge in [0.25, 0.3) is 0 Å². The zero-order valence-corrected chi connectivity index (χ0v) is 10.7. The Morgan fingerprint density at radius 2 is 2.00 bits per heavy atom. The van der Waals surface area contributed by atoms with Crippen molar-refractivity contribution < 1.29 is 19.1 Å². The van der Waals surface area contributed by atoms with Crippen molar-refractivity contribution >= 4 is 11.8 Å². The van der Waals surface area contributed by atoms with Gasteiger partial charge in [-0.05, 0) is 0 Å². The number of nitrogens with one attached hydrogen (secondary N) is 2. The molecule has 7 heteroatoms. The van der Waals surface area contributed by atoms with Gasteiger partial charge >= 0.3 is 0 Å². The van der Waals surface area contributed by atoms with Crippen LogP contribution in [0.3, 0.4) is 0 Å². The van der Waals surface area contributed by atoms with Gasteiger partial charge in [-0.15, -0.1) is 0 Å². The molecule has 0 atom stereocenters. The smallest absolute Gasteiger partial charge is 0.236 e. The molecule has 0 radical (unpaired) electrons. The van der Waals surface area contributed by atoms with Gasteiger partial charge in [0.05, 0.1) is 32.9 Å². The molecule has 104 valence electrons. The van der Waals surface area contributed by atoms with Crippen LogP contribution in [0.15, 0.2) is 0 Å². The van der Waals surface area contributed by atoms with E-state index in [4.69, 9.17) is 9.47 Å². The number of nitrogens with zero attached hydrogens (tertiary/aromatic N) is 1. The highest BCUT2D eigenvalue weighted by atomic mass is 16.5. The van der Waals surface area contributed by atoms with Crippen molar-refractivity contribution in [2.45, 2.75) is 0 Å². The van der Waals surface area contributed by atoms with Crippen molar-refractivity contribution in [2.75, 3.05) is 59.7 Å². The van der Waals surface area contributed by atoms with Gasteiger partial charge < -0.3 is 19.7 Å². The van der Waals surface area contributed by atoms with Crippen LogP contribution in [0.4, 0.5) is 0 Å². The summed E-state index contributed by atoms with van der Waals surface area (Å²) in [7, 11) is 1.57. The molecule has 0 bridgehead atoms.